The minimum Gasteiger partial charge on any atom is -0.497 e. The van der Waals surface area contributed by atoms with Gasteiger partial charge in [0.25, 0.3) is 0 Å². The molecule has 1 aromatic heterocycles. The Labute approximate surface area is 173 Å². The van der Waals surface area contributed by atoms with E-state index in [2.05, 4.69) is 14.9 Å². The fourth-order valence-corrected chi connectivity index (χ4v) is 3.94. The lowest BCUT2D eigenvalue weighted by molar-refractivity contribution is -0.117. The highest BCUT2D eigenvalue weighted by atomic mass is 35.5. The fourth-order valence-electron chi connectivity index (χ4n) is 2.83. The van der Waals surface area contributed by atoms with Gasteiger partial charge in [-0.05, 0) is 35.7 Å². The summed E-state index contributed by atoms with van der Waals surface area (Å²) in [4.78, 5) is 22.9. The van der Waals surface area contributed by atoms with Crippen LogP contribution in [0.25, 0.3) is 0 Å². The number of nitrogens with zero attached hydrogens (tertiary/aromatic N) is 3. The van der Waals surface area contributed by atoms with Gasteiger partial charge in [-0.2, -0.15) is 4.99 Å². The molecule has 2 heterocycles. The lowest BCUT2D eigenvalue weighted by Gasteiger charge is -2.17. The summed E-state index contributed by atoms with van der Waals surface area (Å²) in [5.74, 6) is 2.20. The molecule has 148 valence electrons. The van der Waals surface area contributed by atoms with Gasteiger partial charge in [0, 0.05) is 37.5 Å². The zero-order valence-electron chi connectivity index (χ0n) is 15.9. The largest absolute Gasteiger partial charge is 0.497 e. The lowest BCUT2D eigenvalue weighted by Crippen LogP contribution is -2.24. The monoisotopic (exact) mass is 419 g/mol. The van der Waals surface area contributed by atoms with Gasteiger partial charge < -0.3 is 14.4 Å². The molecule has 1 saturated heterocycles. The van der Waals surface area contributed by atoms with Crippen molar-refractivity contribution in [2.24, 2.45) is 4.99 Å². The van der Waals surface area contributed by atoms with Gasteiger partial charge in [0.1, 0.15) is 16.7 Å². The maximum absolute atomic E-state index is 12.4. The third-order valence-electron chi connectivity index (χ3n) is 4.28. The number of aliphatic imine (C=N–C) groups is 1. The molecule has 1 amide bonds. The van der Waals surface area contributed by atoms with Gasteiger partial charge in [0.2, 0.25) is 5.91 Å². The highest BCUT2D eigenvalue weighted by molar-refractivity contribution is 8.14. The molecule has 1 aromatic carbocycles. The van der Waals surface area contributed by atoms with Crippen LogP contribution in [-0.4, -0.2) is 47.5 Å². The molecule has 1 aliphatic rings. The number of halogens is 1. The molecular formula is C20H22ClN3O3S. The van der Waals surface area contributed by atoms with Crippen LogP contribution in [-0.2, 0) is 17.8 Å². The predicted molar refractivity (Wildman–Crippen MR) is 112 cm³/mol. The summed E-state index contributed by atoms with van der Waals surface area (Å²) in [6.45, 7) is 1.52. The summed E-state index contributed by atoms with van der Waals surface area (Å²) in [6.07, 6.45) is 2.66. The number of amides is 1. The normalized spacial score (nSPS) is 15.1. The van der Waals surface area contributed by atoms with Crippen molar-refractivity contribution in [3.63, 3.8) is 0 Å². The van der Waals surface area contributed by atoms with Crippen molar-refractivity contribution in [1.82, 2.24) is 9.88 Å². The van der Waals surface area contributed by atoms with Crippen LogP contribution in [0.2, 0.25) is 5.15 Å². The minimum atomic E-state index is -0.134. The number of rotatable bonds is 7. The molecule has 8 heteroatoms. The number of ether oxygens (including phenoxy) is 2. The SMILES string of the molecule is COc1cc(CCC(=O)/N=C2\SCCN2Cc2ccc(Cl)nc2)cc(OC)c1. The van der Waals surface area contributed by atoms with E-state index in [0.29, 0.717) is 36.0 Å². The van der Waals surface area contributed by atoms with E-state index in [0.717, 1.165) is 28.6 Å². The quantitative estimate of drug-likeness (QED) is 0.636. The average Bonchev–Trinajstić information content (AvgIpc) is 3.14. The third-order valence-corrected chi connectivity index (χ3v) is 5.50. The Balaban J connectivity index is 1.61. The Kier molecular flexibility index (Phi) is 7.17. The number of aromatic nitrogens is 1. The molecule has 0 atom stereocenters. The number of methoxy groups -OCH3 is 2. The first kappa shape index (κ1) is 20.5. The number of carbonyl (C=O) groups is 1. The molecule has 1 fully saturated rings. The molecule has 6 nitrogen and oxygen atoms in total. The highest BCUT2D eigenvalue weighted by Crippen LogP contribution is 2.24. The van der Waals surface area contributed by atoms with Gasteiger partial charge in [0.05, 0.1) is 14.2 Å². The van der Waals surface area contributed by atoms with Crippen molar-refractivity contribution in [2.75, 3.05) is 26.5 Å². The molecule has 28 heavy (non-hydrogen) atoms. The maximum Gasteiger partial charge on any atom is 0.248 e. The average molecular weight is 420 g/mol. The zero-order chi connectivity index (χ0) is 19.9. The molecule has 1 aliphatic heterocycles. The Morgan fingerprint density at radius 2 is 1.96 bits per heavy atom. The van der Waals surface area contributed by atoms with Crippen LogP contribution in [0.4, 0.5) is 0 Å². The summed E-state index contributed by atoms with van der Waals surface area (Å²) in [5, 5.41) is 1.24. The van der Waals surface area contributed by atoms with Crippen LogP contribution in [0.1, 0.15) is 17.5 Å². The molecule has 0 spiro atoms. The van der Waals surface area contributed by atoms with Gasteiger partial charge in [-0.15, -0.1) is 0 Å². The second-order valence-electron chi connectivity index (χ2n) is 6.27. The smallest absolute Gasteiger partial charge is 0.248 e. The number of aryl methyl sites for hydroxylation is 1. The molecule has 2 aromatic rings. The third kappa shape index (κ3) is 5.62. The number of amidine groups is 1. The van der Waals surface area contributed by atoms with Crippen molar-refractivity contribution < 1.29 is 14.3 Å². The number of thioether (sulfide) groups is 1. The topological polar surface area (TPSA) is 64.0 Å². The fraction of sp³-hybridized carbons (Fsp3) is 0.350. The Morgan fingerprint density at radius 3 is 2.61 bits per heavy atom. The molecule has 0 bridgehead atoms. The predicted octanol–water partition coefficient (Wildman–Crippen LogP) is 3.82. The molecule has 0 saturated carbocycles. The van der Waals surface area contributed by atoms with Crippen LogP contribution < -0.4 is 9.47 Å². The van der Waals surface area contributed by atoms with Crippen LogP contribution in [0, 0.1) is 0 Å². The van der Waals surface area contributed by atoms with Gasteiger partial charge in [-0.25, -0.2) is 4.98 Å². The molecule has 0 aliphatic carbocycles. The van der Waals surface area contributed by atoms with Crippen molar-refractivity contribution in [3.8, 4) is 11.5 Å². The van der Waals surface area contributed by atoms with Crippen LogP contribution in [0.3, 0.4) is 0 Å². The van der Waals surface area contributed by atoms with Crippen molar-refractivity contribution in [3.05, 3.63) is 52.8 Å². The first-order valence-electron chi connectivity index (χ1n) is 8.89. The van der Waals surface area contributed by atoms with E-state index in [1.807, 2.05) is 24.3 Å². The van der Waals surface area contributed by atoms with Gasteiger partial charge in [-0.1, -0.05) is 29.4 Å². The van der Waals surface area contributed by atoms with E-state index >= 15 is 0 Å². The first-order chi connectivity index (χ1) is 13.6. The number of hydrogen-bond acceptors (Lipinski definition) is 5. The van der Waals surface area contributed by atoms with Gasteiger partial charge in [-0.3, -0.25) is 4.79 Å². The van der Waals surface area contributed by atoms with Crippen molar-refractivity contribution in [1.29, 1.82) is 0 Å². The molecule has 3 rings (SSSR count). The molecular weight excluding hydrogens is 398 g/mol. The summed E-state index contributed by atoms with van der Waals surface area (Å²) in [7, 11) is 3.22. The summed E-state index contributed by atoms with van der Waals surface area (Å²) in [6, 6.07) is 9.34. The van der Waals surface area contributed by atoms with Crippen LogP contribution in [0.15, 0.2) is 41.5 Å². The molecule has 0 unspecified atom stereocenters. The first-order valence-corrected chi connectivity index (χ1v) is 10.3. The van der Waals surface area contributed by atoms with Crippen molar-refractivity contribution >= 4 is 34.4 Å². The van der Waals surface area contributed by atoms with Crippen LogP contribution in [0.5, 0.6) is 11.5 Å². The second kappa shape index (κ2) is 9.80. The van der Waals surface area contributed by atoms with Crippen LogP contribution >= 0.6 is 23.4 Å². The number of pyridine rings is 1. The standard InChI is InChI=1S/C20H22ClN3O3S/c1-26-16-9-14(10-17(11-16)27-2)4-6-19(25)23-20-24(7-8-28-20)13-15-3-5-18(21)22-12-15/h3,5,9-12H,4,6-8,13H2,1-2H3/b23-20-. The Hall–Kier alpha value is -2.25. The Bertz CT molecular complexity index is 836. The summed E-state index contributed by atoms with van der Waals surface area (Å²) >= 11 is 7.44. The molecule has 0 radical (unpaired) electrons. The summed E-state index contributed by atoms with van der Waals surface area (Å²) in [5.41, 5.74) is 2.02. The van der Waals surface area contributed by atoms with E-state index in [1.165, 1.54) is 0 Å². The lowest BCUT2D eigenvalue weighted by atomic mass is 10.1. The number of carbonyl (C=O) groups excluding carboxylic acids is 1. The van der Waals surface area contributed by atoms with E-state index < -0.39 is 0 Å². The van der Waals surface area contributed by atoms with E-state index in [9.17, 15) is 4.79 Å². The Morgan fingerprint density at radius 1 is 1.21 bits per heavy atom. The zero-order valence-corrected chi connectivity index (χ0v) is 17.4. The second-order valence-corrected chi connectivity index (χ2v) is 7.72. The van der Waals surface area contributed by atoms with Gasteiger partial charge in [0.15, 0.2) is 5.17 Å². The van der Waals surface area contributed by atoms with E-state index in [-0.39, 0.29) is 5.91 Å². The summed E-state index contributed by atoms with van der Waals surface area (Å²) < 4.78 is 10.5. The minimum absolute atomic E-state index is 0.134. The number of hydrogen-bond donors (Lipinski definition) is 0. The number of benzene rings is 1. The molecule has 0 N–H and O–H groups in total. The van der Waals surface area contributed by atoms with Crippen molar-refractivity contribution in [2.45, 2.75) is 19.4 Å². The van der Waals surface area contributed by atoms with E-state index in [4.69, 9.17) is 21.1 Å². The van der Waals surface area contributed by atoms with E-state index in [1.54, 1.807) is 38.2 Å². The maximum atomic E-state index is 12.4. The van der Waals surface area contributed by atoms with Gasteiger partial charge >= 0.3 is 0 Å². The highest BCUT2D eigenvalue weighted by Gasteiger charge is 2.21.